The second-order valence-corrected chi connectivity index (χ2v) is 7.34. The van der Waals surface area contributed by atoms with Gasteiger partial charge in [-0.15, -0.1) is 11.3 Å². The van der Waals surface area contributed by atoms with Gasteiger partial charge in [0, 0.05) is 13.1 Å². The lowest BCUT2D eigenvalue weighted by molar-refractivity contribution is 0.411. The van der Waals surface area contributed by atoms with Gasteiger partial charge in [-0.25, -0.2) is 8.42 Å². The van der Waals surface area contributed by atoms with Crippen LogP contribution < -0.4 is 0 Å². The predicted octanol–water partition coefficient (Wildman–Crippen LogP) is 3.21. The van der Waals surface area contributed by atoms with Gasteiger partial charge in [0.05, 0.1) is 4.34 Å². The largest absolute Gasteiger partial charge is 0.252 e. The first-order valence-corrected chi connectivity index (χ1v) is 7.91. The molecule has 0 aliphatic heterocycles. The van der Waals surface area contributed by atoms with E-state index in [4.69, 9.17) is 11.6 Å². The van der Waals surface area contributed by atoms with Gasteiger partial charge in [-0.2, -0.15) is 4.31 Å². The molecule has 0 aromatic carbocycles. The van der Waals surface area contributed by atoms with Crippen LogP contribution in [0.15, 0.2) is 16.3 Å². The second kappa shape index (κ2) is 6.00. The molecule has 3 nitrogen and oxygen atoms in total. The standard InChI is InChI=1S/C10H16ClNO2S2/c1-3-7-12(8-4-2)16(13,14)10-6-5-9(11)15-10/h5-6H,3-4,7-8H2,1-2H3. The first-order valence-electron chi connectivity index (χ1n) is 5.27. The Labute approximate surface area is 106 Å². The number of thiophene rings is 1. The third kappa shape index (κ3) is 3.20. The van der Waals surface area contributed by atoms with Crippen LogP contribution in [0.2, 0.25) is 4.34 Å². The zero-order valence-electron chi connectivity index (χ0n) is 9.44. The molecule has 1 heterocycles. The topological polar surface area (TPSA) is 37.4 Å². The number of hydrogen-bond acceptors (Lipinski definition) is 3. The van der Waals surface area contributed by atoms with E-state index in [1.54, 1.807) is 12.1 Å². The van der Waals surface area contributed by atoms with Crippen molar-refractivity contribution in [1.29, 1.82) is 0 Å². The normalized spacial score (nSPS) is 12.2. The average molecular weight is 282 g/mol. The van der Waals surface area contributed by atoms with Crippen LogP contribution in [0.25, 0.3) is 0 Å². The molecule has 0 saturated carbocycles. The van der Waals surface area contributed by atoms with Gasteiger partial charge in [0.1, 0.15) is 4.21 Å². The zero-order valence-corrected chi connectivity index (χ0v) is 11.8. The van der Waals surface area contributed by atoms with Crippen molar-refractivity contribution in [2.45, 2.75) is 30.9 Å². The summed E-state index contributed by atoms with van der Waals surface area (Å²) in [6, 6.07) is 3.19. The fraction of sp³-hybridized carbons (Fsp3) is 0.600. The van der Waals surface area contributed by atoms with E-state index in [0.29, 0.717) is 21.6 Å². The Kier molecular flexibility index (Phi) is 5.24. The summed E-state index contributed by atoms with van der Waals surface area (Å²) < 4.78 is 26.8. The van der Waals surface area contributed by atoms with Crippen molar-refractivity contribution in [2.75, 3.05) is 13.1 Å². The highest BCUT2D eigenvalue weighted by Crippen LogP contribution is 2.28. The molecule has 0 N–H and O–H groups in total. The first-order chi connectivity index (χ1) is 7.52. The summed E-state index contributed by atoms with van der Waals surface area (Å²) in [6.07, 6.45) is 1.64. The monoisotopic (exact) mass is 281 g/mol. The Morgan fingerprint density at radius 1 is 1.25 bits per heavy atom. The highest BCUT2D eigenvalue weighted by Gasteiger charge is 2.24. The van der Waals surface area contributed by atoms with Gasteiger partial charge < -0.3 is 0 Å². The summed E-state index contributed by atoms with van der Waals surface area (Å²) in [5.41, 5.74) is 0. The fourth-order valence-electron chi connectivity index (χ4n) is 1.41. The van der Waals surface area contributed by atoms with E-state index in [9.17, 15) is 8.42 Å². The van der Waals surface area contributed by atoms with Gasteiger partial charge in [-0.1, -0.05) is 25.4 Å². The Hall–Kier alpha value is -0.100. The maximum atomic E-state index is 12.2. The minimum Gasteiger partial charge on any atom is -0.206 e. The quantitative estimate of drug-likeness (QED) is 0.803. The Bertz CT molecular complexity index is 422. The van der Waals surface area contributed by atoms with Crippen LogP contribution in [0, 0.1) is 0 Å². The molecule has 16 heavy (non-hydrogen) atoms. The lowest BCUT2D eigenvalue weighted by Gasteiger charge is -2.19. The minimum atomic E-state index is -3.34. The predicted molar refractivity (Wildman–Crippen MR) is 68.7 cm³/mol. The van der Waals surface area contributed by atoms with Crippen molar-refractivity contribution >= 4 is 33.0 Å². The molecule has 6 heteroatoms. The molecule has 1 aromatic heterocycles. The molecular weight excluding hydrogens is 266 g/mol. The molecule has 0 aliphatic rings. The average Bonchev–Trinajstić information content (AvgIpc) is 2.65. The van der Waals surface area contributed by atoms with Crippen molar-refractivity contribution in [2.24, 2.45) is 0 Å². The summed E-state index contributed by atoms with van der Waals surface area (Å²) in [7, 11) is -3.34. The molecule has 0 amide bonds. The Balaban J connectivity index is 2.97. The number of hydrogen-bond donors (Lipinski definition) is 0. The summed E-state index contributed by atoms with van der Waals surface area (Å²) in [5, 5.41) is 0. The van der Waals surface area contributed by atoms with Crippen molar-refractivity contribution in [1.82, 2.24) is 4.31 Å². The van der Waals surface area contributed by atoms with E-state index in [1.807, 2.05) is 13.8 Å². The van der Waals surface area contributed by atoms with Crippen LogP contribution in [-0.2, 0) is 10.0 Å². The van der Waals surface area contributed by atoms with E-state index >= 15 is 0 Å². The van der Waals surface area contributed by atoms with Gasteiger partial charge in [-0.05, 0) is 25.0 Å². The summed E-state index contributed by atoms with van der Waals surface area (Å²) in [5.74, 6) is 0. The molecule has 0 radical (unpaired) electrons. The Morgan fingerprint density at radius 3 is 2.19 bits per heavy atom. The number of rotatable bonds is 6. The molecule has 0 fully saturated rings. The van der Waals surface area contributed by atoms with Crippen LogP contribution in [0.4, 0.5) is 0 Å². The van der Waals surface area contributed by atoms with E-state index in [-0.39, 0.29) is 0 Å². The molecule has 0 unspecified atom stereocenters. The maximum absolute atomic E-state index is 12.2. The molecule has 0 aliphatic carbocycles. The lowest BCUT2D eigenvalue weighted by Crippen LogP contribution is -2.32. The highest BCUT2D eigenvalue weighted by molar-refractivity contribution is 7.91. The highest BCUT2D eigenvalue weighted by atomic mass is 35.5. The van der Waals surface area contributed by atoms with Crippen molar-refractivity contribution in [3.63, 3.8) is 0 Å². The third-order valence-electron chi connectivity index (χ3n) is 2.09. The van der Waals surface area contributed by atoms with E-state index in [2.05, 4.69) is 0 Å². The van der Waals surface area contributed by atoms with Gasteiger partial charge >= 0.3 is 0 Å². The first kappa shape index (κ1) is 14.0. The van der Waals surface area contributed by atoms with E-state index < -0.39 is 10.0 Å². The second-order valence-electron chi connectivity index (χ2n) is 3.46. The Morgan fingerprint density at radius 2 is 1.81 bits per heavy atom. The number of sulfonamides is 1. The molecule has 0 saturated heterocycles. The lowest BCUT2D eigenvalue weighted by atomic mass is 10.4. The molecule has 92 valence electrons. The smallest absolute Gasteiger partial charge is 0.206 e. The fourth-order valence-corrected chi connectivity index (χ4v) is 4.68. The van der Waals surface area contributed by atoms with E-state index in [0.717, 1.165) is 24.2 Å². The SMILES string of the molecule is CCCN(CCC)S(=O)(=O)c1ccc(Cl)s1. The number of nitrogens with zero attached hydrogens (tertiary/aromatic N) is 1. The summed E-state index contributed by atoms with van der Waals surface area (Å²) in [4.78, 5) is 0. The van der Waals surface area contributed by atoms with Crippen LogP contribution >= 0.6 is 22.9 Å². The minimum absolute atomic E-state index is 0.333. The van der Waals surface area contributed by atoms with Crippen LogP contribution in [-0.4, -0.2) is 25.8 Å². The van der Waals surface area contributed by atoms with Crippen molar-refractivity contribution in [3.8, 4) is 0 Å². The molecule has 1 aromatic rings. The molecular formula is C10H16ClNO2S2. The molecule has 0 atom stereocenters. The van der Waals surface area contributed by atoms with Crippen molar-refractivity contribution < 1.29 is 8.42 Å². The summed E-state index contributed by atoms with van der Waals surface area (Å²) >= 11 is 6.87. The zero-order chi connectivity index (χ0) is 12.2. The van der Waals surface area contributed by atoms with Crippen LogP contribution in [0.1, 0.15) is 26.7 Å². The van der Waals surface area contributed by atoms with Crippen molar-refractivity contribution in [3.05, 3.63) is 16.5 Å². The van der Waals surface area contributed by atoms with E-state index in [1.165, 1.54) is 4.31 Å². The molecule has 1 rings (SSSR count). The van der Waals surface area contributed by atoms with Crippen LogP contribution in [0.3, 0.4) is 0 Å². The van der Waals surface area contributed by atoms with Gasteiger partial charge in [-0.3, -0.25) is 0 Å². The summed E-state index contributed by atoms with van der Waals surface area (Å²) in [6.45, 7) is 5.07. The molecule has 0 spiro atoms. The van der Waals surface area contributed by atoms with Gasteiger partial charge in [0.15, 0.2) is 0 Å². The van der Waals surface area contributed by atoms with Gasteiger partial charge in [0.25, 0.3) is 10.0 Å². The van der Waals surface area contributed by atoms with Crippen LogP contribution in [0.5, 0.6) is 0 Å². The number of halogens is 1. The molecule has 0 bridgehead atoms. The maximum Gasteiger partial charge on any atom is 0.252 e. The van der Waals surface area contributed by atoms with Gasteiger partial charge in [0.2, 0.25) is 0 Å². The third-order valence-corrected chi connectivity index (χ3v) is 5.69.